The summed E-state index contributed by atoms with van der Waals surface area (Å²) in [6, 6.07) is -1.92. The van der Waals surface area contributed by atoms with Crippen molar-refractivity contribution in [3.8, 4) is 0 Å². The quantitative estimate of drug-likeness (QED) is 0.675. The van der Waals surface area contributed by atoms with Gasteiger partial charge >= 0.3 is 12.1 Å². The summed E-state index contributed by atoms with van der Waals surface area (Å²) in [5, 5.41) is 1.75. The van der Waals surface area contributed by atoms with Crippen molar-refractivity contribution in [1.82, 2.24) is 10.2 Å². The van der Waals surface area contributed by atoms with E-state index in [4.69, 9.17) is 5.73 Å². The molecule has 0 aromatic rings. The second kappa shape index (κ2) is 7.63. The molecule has 0 bridgehead atoms. The lowest BCUT2D eigenvalue weighted by Gasteiger charge is -2.28. The van der Waals surface area contributed by atoms with Crippen LogP contribution in [0.2, 0.25) is 0 Å². The minimum absolute atomic E-state index is 0.201. The zero-order valence-electron chi connectivity index (χ0n) is 13.7. The molecule has 1 fully saturated rings. The number of halogens is 5. The summed E-state index contributed by atoms with van der Waals surface area (Å²) in [7, 11) is 0. The minimum Gasteiger partial charge on any atom is -0.347 e. The topological polar surface area (TPSA) is 92.5 Å². The number of nitrogens with zero attached hydrogens (tertiary/aromatic N) is 1. The average Bonchev–Trinajstić information content (AvgIpc) is 2.98. The molecule has 3 N–H and O–H groups in total. The van der Waals surface area contributed by atoms with Gasteiger partial charge in [0.25, 0.3) is 0 Å². The molecule has 6 nitrogen and oxygen atoms in total. The van der Waals surface area contributed by atoms with E-state index in [1.165, 1.54) is 0 Å². The third-order valence-corrected chi connectivity index (χ3v) is 3.97. The third kappa shape index (κ3) is 4.65. The van der Waals surface area contributed by atoms with Crippen LogP contribution in [0.15, 0.2) is 0 Å². The van der Waals surface area contributed by atoms with Crippen LogP contribution in [-0.2, 0) is 14.4 Å². The van der Waals surface area contributed by atoms with Gasteiger partial charge in [-0.15, -0.1) is 0 Å². The maximum absolute atomic E-state index is 12.8. The van der Waals surface area contributed by atoms with Gasteiger partial charge in [-0.2, -0.15) is 22.0 Å². The lowest BCUT2D eigenvalue weighted by atomic mass is 10.0. The van der Waals surface area contributed by atoms with Crippen molar-refractivity contribution >= 4 is 17.6 Å². The van der Waals surface area contributed by atoms with Crippen molar-refractivity contribution in [3.63, 3.8) is 0 Å². The van der Waals surface area contributed by atoms with Gasteiger partial charge in [0.1, 0.15) is 6.04 Å². The van der Waals surface area contributed by atoms with Gasteiger partial charge in [-0.05, 0) is 18.8 Å². The molecule has 11 heteroatoms. The second-order valence-electron chi connectivity index (χ2n) is 6.17. The molecular weight excluding hydrogens is 353 g/mol. The number of alkyl halides is 5. The van der Waals surface area contributed by atoms with Crippen LogP contribution in [0.1, 0.15) is 26.7 Å². The van der Waals surface area contributed by atoms with Crippen LogP contribution in [0.3, 0.4) is 0 Å². The second-order valence-corrected chi connectivity index (χ2v) is 6.17. The Morgan fingerprint density at radius 1 is 1.20 bits per heavy atom. The summed E-state index contributed by atoms with van der Waals surface area (Å²) in [4.78, 5) is 36.4. The number of carbonyl (C=O) groups excluding carboxylic acids is 3. The van der Waals surface area contributed by atoms with Gasteiger partial charge in [-0.3, -0.25) is 14.4 Å². The van der Waals surface area contributed by atoms with Crippen LogP contribution >= 0.6 is 0 Å². The van der Waals surface area contributed by atoms with Crippen LogP contribution in [0.5, 0.6) is 0 Å². The maximum atomic E-state index is 12.8. The fourth-order valence-electron chi connectivity index (χ4n) is 2.33. The molecule has 0 aromatic carbocycles. The van der Waals surface area contributed by atoms with Crippen LogP contribution < -0.4 is 11.1 Å². The molecule has 0 spiro atoms. The zero-order chi connectivity index (χ0) is 19.6. The highest BCUT2D eigenvalue weighted by Crippen LogP contribution is 2.35. The first kappa shape index (κ1) is 21.3. The smallest absolute Gasteiger partial charge is 0.347 e. The first-order chi connectivity index (χ1) is 11.3. The molecule has 144 valence electrons. The molecule has 1 heterocycles. The first-order valence-corrected chi connectivity index (χ1v) is 7.62. The van der Waals surface area contributed by atoms with E-state index < -0.39 is 48.3 Å². The Labute approximate surface area is 140 Å². The monoisotopic (exact) mass is 373 g/mol. The lowest BCUT2D eigenvalue weighted by Crippen LogP contribution is -2.54. The van der Waals surface area contributed by atoms with Gasteiger partial charge in [-0.1, -0.05) is 13.8 Å². The Kier molecular flexibility index (Phi) is 6.49. The van der Waals surface area contributed by atoms with Crippen molar-refractivity contribution in [2.45, 2.75) is 50.9 Å². The molecule has 2 atom stereocenters. The Balaban J connectivity index is 2.71. The number of Topliss-reactive ketones (excluding diaryl/α,β-unsaturated/α-hetero) is 1. The predicted molar refractivity (Wildman–Crippen MR) is 76.6 cm³/mol. The molecule has 0 aliphatic carbocycles. The molecule has 1 aliphatic rings. The number of carbonyl (C=O) groups is 3. The Hall–Kier alpha value is -1.78. The number of ketones is 1. The highest BCUT2D eigenvalue weighted by molar-refractivity contribution is 5.94. The summed E-state index contributed by atoms with van der Waals surface area (Å²) in [6.07, 6.45) is -5.39. The standard InChI is InChI=1S/C14H20F5N3O3/c1-7(2)10(20)12(25)22-5-3-4-8(22)11(24)21-6-9(23)13(15,16)14(17,18)19/h7-8,10H,3-6,20H2,1-2H3,(H,21,24)/t8-,10-/m0/s1. The van der Waals surface area contributed by atoms with E-state index in [1.54, 1.807) is 19.2 Å². The van der Waals surface area contributed by atoms with Crippen LogP contribution in [0, 0.1) is 5.92 Å². The molecular formula is C14H20F5N3O3. The number of amides is 2. The van der Waals surface area contributed by atoms with Gasteiger partial charge in [0.15, 0.2) is 0 Å². The van der Waals surface area contributed by atoms with E-state index in [0.717, 1.165) is 4.90 Å². The van der Waals surface area contributed by atoms with Crippen LogP contribution in [-0.4, -0.2) is 59.8 Å². The fraction of sp³-hybridized carbons (Fsp3) is 0.786. The van der Waals surface area contributed by atoms with Gasteiger partial charge in [0.05, 0.1) is 12.6 Å². The number of nitrogens with two attached hydrogens (primary N) is 1. The van der Waals surface area contributed by atoms with Crippen molar-refractivity contribution in [2.24, 2.45) is 11.7 Å². The highest BCUT2D eigenvalue weighted by atomic mass is 19.4. The molecule has 1 aliphatic heterocycles. The van der Waals surface area contributed by atoms with Crippen molar-refractivity contribution in [3.05, 3.63) is 0 Å². The summed E-state index contributed by atoms with van der Waals surface area (Å²) in [5.74, 6) is -9.70. The van der Waals surface area contributed by atoms with E-state index in [-0.39, 0.29) is 18.9 Å². The number of rotatable bonds is 6. The summed E-state index contributed by atoms with van der Waals surface area (Å²) >= 11 is 0. The van der Waals surface area contributed by atoms with Crippen molar-refractivity contribution < 1.29 is 36.3 Å². The number of hydrogen-bond acceptors (Lipinski definition) is 4. The predicted octanol–water partition coefficient (Wildman–Crippen LogP) is 0.844. The SMILES string of the molecule is CC(C)[C@H](N)C(=O)N1CCC[C@H]1C(=O)NCC(=O)C(F)(F)C(F)(F)F. The fourth-order valence-corrected chi connectivity index (χ4v) is 2.33. The first-order valence-electron chi connectivity index (χ1n) is 7.62. The third-order valence-electron chi connectivity index (χ3n) is 3.97. The van der Waals surface area contributed by atoms with Gasteiger partial charge in [-0.25, -0.2) is 0 Å². The maximum Gasteiger partial charge on any atom is 0.461 e. The van der Waals surface area contributed by atoms with Crippen LogP contribution in [0.4, 0.5) is 22.0 Å². The van der Waals surface area contributed by atoms with Gasteiger partial charge in [0, 0.05) is 6.54 Å². The Morgan fingerprint density at radius 3 is 2.24 bits per heavy atom. The number of likely N-dealkylation sites (tertiary alicyclic amines) is 1. The number of nitrogens with one attached hydrogen (secondary N) is 1. The van der Waals surface area contributed by atoms with E-state index >= 15 is 0 Å². The minimum atomic E-state index is -6.03. The lowest BCUT2D eigenvalue weighted by molar-refractivity contribution is -0.268. The van der Waals surface area contributed by atoms with E-state index in [2.05, 4.69) is 0 Å². The largest absolute Gasteiger partial charge is 0.461 e. The van der Waals surface area contributed by atoms with E-state index in [9.17, 15) is 36.3 Å². The van der Waals surface area contributed by atoms with Gasteiger partial charge < -0.3 is 16.0 Å². The average molecular weight is 373 g/mol. The number of hydrogen-bond donors (Lipinski definition) is 2. The molecule has 0 radical (unpaired) electrons. The molecule has 1 saturated heterocycles. The molecule has 1 rings (SSSR count). The van der Waals surface area contributed by atoms with E-state index in [0.29, 0.717) is 6.42 Å². The Bertz CT molecular complexity index is 536. The van der Waals surface area contributed by atoms with Gasteiger partial charge in [0.2, 0.25) is 17.6 Å². The molecule has 2 amide bonds. The zero-order valence-corrected chi connectivity index (χ0v) is 13.7. The van der Waals surface area contributed by atoms with Crippen molar-refractivity contribution in [2.75, 3.05) is 13.1 Å². The Morgan fingerprint density at radius 2 is 1.76 bits per heavy atom. The normalized spacial score (nSPS) is 19.9. The summed E-state index contributed by atoms with van der Waals surface area (Å²) in [6.45, 7) is 2.13. The highest BCUT2D eigenvalue weighted by Gasteiger charge is 2.62. The molecule has 25 heavy (non-hydrogen) atoms. The summed E-state index contributed by atoms with van der Waals surface area (Å²) < 4.78 is 62.0. The summed E-state index contributed by atoms with van der Waals surface area (Å²) in [5.41, 5.74) is 5.73. The van der Waals surface area contributed by atoms with E-state index in [1.807, 2.05) is 0 Å². The van der Waals surface area contributed by atoms with Crippen LogP contribution in [0.25, 0.3) is 0 Å². The molecule has 0 saturated carbocycles. The molecule has 0 aromatic heterocycles. The molecule has 0 unspecified atom stereocenters. The van der Waals surface area contributed by atoms with Crippen molar-refractivity contribution in [1.29, 1.82) is 0 Å².